The van der Waals surface area contributed by atoms with Gasteiger partial charge in [0.05, 0.1) is 0 Å². The normalized spacial score (nSPS) is 21.4. The molecule has 0 aromatic rings. The fourth-order valence-corrected chi connectivity index (χ4v) is 2.05. The maximum absolute atomic E-state index is 12.0. The molecule has 5 nitrogen and oxygen atoms in total. The van der Waals surface area contributed by atoms with Gasteiger partial charge in [0.2, 0.25) is 5.91 Å². The number of amides is 1. The monoisotopic (exact) mass is 227 g/mol. The molecule has 1 unspecified atom stereocenters. The number of hydrogen-bond donors (Lipinski definition) is 3. The average Bonchev–Trinajstić information content (AvgIpc) is 2.14. The molecule has 0 spiro atoms. The number of nitrogens with two attached hydrogens (primary N) is 1. The van der Waals surface area contributed by atoms with Crippen molar-refractivity contribution in [3.05, 3.63) is 0 Å². The standard InChI is InChI=1S/C11H21N3O2/c1-7(2)8(9(12)14-16)10(15)13-11(3)5-4-6-11/h7-8,16H,4-6H2,1-3H3,(H2,12,14)(H,13,15). The summed E-state index contributed by atoms with van der Waals surface area (Å²) in [4.78, 5) is 12.0. The first kappa shape index (κ1) is 12.8. The summed E-state index contributed by atoms with van der Waals surface area (Å²) >= 11 is 0. The van der Waals surface area contributed by atoms with Gasteiger partial charge in [0, 0.05) is 5.54 Å². The first-order valence-electron chi connectivity index (χ1n) is 5.69. The van der Waals surface area contributed by atoms with Gasteiger partial charge in [0.15, 0.2) is 5.84 Å². The number of amidine groups is 1. The van der Waals surface area contributed by atoms with Gasteiger partial charge in [-0.25, -0.2) is 0 Å². The van der Waals surface area contributed by atoms with Crippen LogP contribution in [0.15, 0.2) is 5.16 Å². The van der Waals surface area contributed by atoms with E-state index in [0.29, 0.717) is 0 Å². The van der Waals surface area contributed by atoms with E-state index in [-0.39, 0.29) is 23.2 Å². The SMILES string of the molecule is CC(C)C(C(=O)NC1(C)CCC1)C(N)=NO. The summed E-state index contributed by atoms with van der Waals surface area (Å²) in [6.07, 6.45) is 3.14. The third kappa shape index (κ3) is 2.65. The van der Waals surface area contributed by atoms with Gasteiger partial charge in [0.25, 0.3) is 0 Å². The van der Waals surface area contributed by atoms with Crippen molar-refractivity contribution in [2.24, 2.45) is 22.7 Å². The third-order valence-corrected chi connectivity index (χ3v) is 3.27. The van der Waals surface area contributed by atoms with E-state index in [4.69, 9.17) is 10.9 Å². The van der Waals surface area contributed by atoms with E-state index in [1.165, 1.54) is 0 Å². The molecule has 1 rings (SSSR count). The Labute approximate surface area is 96.1 Å². The molecule has 0 bridgehead atoms. The third-order valence-electron chi connectivity index (χ3n) is 3.27. The van der Waals surface area contributed by atoms with Gasteiger partial charge in [-0.1, -0.05) is 19.0 Å². The van der Waals surface area contributed by atoms with E-state index in [2.05, 4.69) is 10.5 Å². The molecular weight excluding hydrogens is 206 g/mol. The van der Waals surface area contributed by atoms with Crippen LogP contribution in [0.25, 0.3) is 0 Å². The highest BCUT2D eigenvalue weighted by molar-refractivity contribution is 6.02. The van der Waals surface area contributed by atoms with Gasteiger partial charge in [-0.15, -0.1) is 0 Å². The highest BCUT2D eigenvalue weighted by atomic mass is 16.4. The molecule has 1 fully saturated rings. The summed E-state index contributed by atoms with van der Waals surface area (Å²) < 4.78 is 0. The number of nitrogens with one attached hydrogen (secondary N) is 1. The Hall–Kier alpha value is -1.26. The minimum absolute atomic E-state index is 0.0135. The molecule has 0 saturated heterocycles. The van der Waals surface area contributed by atoms with Crippen LogP contribution in [0.2, 0.25) is 0 Å². The zero-order chi connectivity index (χ0) is 12.3. The average molecular weight is 227 g/mol. The molecule has 1 aliphatic rings. The Morgan fingerprint density at radius 1 is 1.50 bits per heavy atom. The second kappa shape index (κ2) is 4.72. The second-order valence-corrected chi connectivity index (χ2v) is 5.15. The lowest BCUT2D eigenvalue weighted by atomic mass is 9.78. The quantitative estimate of drug-likeness (QED) is 0.290. The molecule has 5 heteroatoms. The Kier molecular flexibility index (Phi) is 3.78. The van der Waals surface area contributed by atoms with Gasteiger partial charge in [-0.2, -0.15) is 0 Å². The molecular formula is C11H21N3O2. The predicted octanol–water partition coefficient (Wildman–Crippen LogP) is 1.06. The van der Waals surface area contributed by atoms with Crippen LogP contribution in [0.1, 0.15) is 40.0 Å². The zero-order valence-corrected chi connectivity index (χ0v) is 10.2. The van der Waals surface area contributed by atoms with Crippen molar-refractivity contribution in [1.29, 1.82) is 0 Å². The number of rotatable bonds is 4. The summed E-state index contributed by atoms with van der Waals surface area (Å²) in [7, 11) is 0. The molecule has 0 radical (unpaired) electrons. The largest absolute Gasteiger partial charge is 0.409 e. The fourth-order valence-electron chi connectivity index (χ4n) is 2.05. The maximum Gasteiger partial charge on any atom is 0.231 e. The molecule has 92 valence electrons. The van der Waals surface area contributed by atoms with Crippen molar-refractivity contribution < 1.29 is 10.0 Å². The highest BCUT2D eigenvalue weighted by Crippen LogP contribution is 2.31. The van der Waals surface area contributed by atoms with E-state index in [1.807, 2.05) is 20.8 Å². The molecule has 0 heterocycles. The molecule has 0 aliphatic heterocycles. The van der Waals surface area contributed by atoms with Crippen molar-refractivity contribution in [2.45, 2.75) is 45.6 Å². The maximum atomic E-state index is 12.0. The number of carbonyl (C=O) groups excluding carboxylic acids is 1. The van der Waals surface area contributed by atoms with Crippen LogP contribution in [-0.2, 0) is 4.79 Å². The first-order valence-corrected chi connectivity index (χ1v) is 5.69. The summed E-state index contributed by atoms with van der Waals surface area (Å²) in [6, 6.07) is 0. The Balaban J connectivity index is 2.68. The van der Waals surface area contributed by atoms with Crippen LogP contribution >= 0.6 is 0 Å². The molecule has 4 N–H and O–H groups in total. The van der Waals surface area contributed by atoms with Crippen molar-refractivity contribution in [2.75, 3.05) is 0 Å². The van der Waals surface area contributed by atoms with E-state index in [1.54, 1.807) is 0 Å². The molecule has 1 amide bonds. The molecule has 1 atom stereocenters. The highest BCUT2D eigenvalue weighted by Gasteiger charge is 2.36. The van der Waals surface area contributed by atoms with Crippen molar-refractivity contribution in [3.63, 3.8) is 0 Å². The van der Waals surface area contributed by atoms with Crippen LogP contribution in [0.4, 0.5) is 0 Å². The molecule has 1 saturated carbocycles. The second-order valence-electron chi connectivity index (χ2n) is 5.15. The van der Waals surface area contributed by atoms with E-state index >= 15 is 0 Å². The van der Waals surface area contributed by atoms with E-state index in [0.717, 1.165) is 19.3 Å². The summed E-state index contributed by atoms with van der Waals surface area (Å²) in [5.74, 6) is -0.704. The van der Waals surface area contributed by atoms with Gasteiger partial charge in [0.1, 0.15) is 5.92 Å². The summed E-state index contributed by atoms with van der Waals surface area (Å²) in [6.45, 7) is 5.79. The zero-order valence-electron chi connectivity index (χ0n) is 10.2. The van der Waals surface area contributed by atoms with Crippen LogP contribution in [0.3, 0.4) is 0 Å². The van der Waals surface area contributed by atoms with Crippen LogP contribution in [0.5, 0.6) is 0 Å². The topological polar surface area (TPSA) is 87.7 Å². The Bertz CT molecular complexity index is 296. The minimum Gasteiger partial charge on any atom is -0.409 e. The molecule has 16 heavy (non-hydrogen) atoms. The molecule has 0 aromatic heterocycles. The lowest BCUT2D eigenvalue weighted by molar-refractivity contribution is -0.126. The molecule has 1 aliphatic carbocycles. The van der Waals surface area contributed by atoms with Crippen LogP contribution in [0, 0.1) is 11.8 Å². The number of nitrogens with zero attached hydrogens (tertiary/aromatic N) is 1. The van der Waals surface area contributed by atoms with E-state index in [9.17, 15) is 4.79 Å². The van der Waals surface area contributed by atoms with Crippen LogP contribution in [-0.4, -0.2) is 22.5 Å². The smallest absolute Gasteiger partial charge is 0.231 e. The van der Waals surface area contributed by atoms with Gasteiger partial charge in [-0.3, -0.25) is 4.79 Å². The summed E-state index contributed by atoms with van der Waals surface area (Å²) in [5, 5.41) is 14.6. The van der Waals surface area contributed by atoms with E-state index < -0.39 is 5.92 Å². The summed E-state index contributed by atoms with van der Waals surface area (Å²) in [5.41, 5.74) is 5.44. The number of hydrogen-bond acceptors (Lipinski definition) is 3. The van der Waals surface area contributed by atoms with Crippen molar-refractivity contribution in [1.82, 2.24) is 5.32 Å². The minimum atomic E-state index is -0.553. The van der Waals surface area contributed by atoms with Crippen molar-refractivity contribution >= 4 is 11.7 Å². The van der Waals surface area contributed by atoms with Gasteiger partial charge >= 0.3 is 0 Å². The first-order chi connectivity index (χ1) is 7.39. The Morgan fingerprint density at radius 2 is 2.06 bits per heavy atom. The number of oxime groups is 1. The Morgan fingerprint density at radius 3 is 2.38 bits per heavy atom. The number of carbonyl (C=O) groups is 1. The van der Waals surface area contributed by atoms with Gasteiger partial charge in [-0.05, 0) is 32.1 Å². The van der Waals surface area contributed by atoms with Crippen molar-refractivity contribution in [3.8, 4) is 0 Å². The van der Waals surface area contributed by atoms with Gasteiger partial charge < -0.3 is 16.3 Å². The van der Waals surface area contributed by atoms with Crippen LogP contribution < -0.4 is 11.1 Å². The lowest BCUT2D eigenvalue weighted by Gasteiger charge is -2.40. The lowest BCUT2D eigenvalue weighted by Crippen LogP contribution is -2.55. The fraction of sp³-hybridized carbons (Fsp3) is 0.818. The predicted molar refractivity (Wildman–Crippen MR) is 62.1 cm³/mol. The molecule has 0 aromatic carbocycles.